The summed E-state index contributed by atoms with van der Waals surface area (Å²) >= 11 is 0. The quantitative estimate of drug-likeness (QED) is 0.862. The molecule has 2 amide bonds. The number of H-pyrrole nitrogens is 1. The van der Waals surface area contributed by atoms with Gasteiger partial charge in [0.25, 0.3) is 17.4 Å². The van der Waals surface area contributed by atoms with Crippen molar-refractivity contribution in [1.29, 1.82) is 0 Å². The largest absolute Gasteiger partial charge is 0.484 e. The van der Waals surface area contributed by atoms with Gasteiger partial charge in [0, 0.05) is 32.2 Å². The standard InChI is InChI=1S/C18H20N4O4/c23-16-8-7-15(19-20-16)18(25)22-10-4-9-21(11-12-22)17(24)13-26-14-5-2-1-3-6-14/h1-3,5-8H,4,9-13H2,(H,20,23). The van der Waals surface area contributed by atoms with Crippen LogP contribution in [0.5, 0.6) is 5.75 Å². The van der Waals surface area contributed by atoms with Crippen LogP contribution in [-0.2, 0) is 4.79 Å². The fraction of sp³-hybridized carbons (Fsp3) is 0.333. The van der Waals surface area contributed by atoms with Crippen molar-refractivity contribution in [2.24, 2.45) is 0 Å². The van der Waals surface area contributed by atoms with E-state index in [4.69, 9.17) is 4.74 Å². The Labute approximate surface area is 150 Å². The molecule has 0 unspecified atom stereocenters. The van der Waals surface area contributed by atoms with Crippen molar-refractivity contribution in [2.45, 2.75) is 6.42 Å². The van der Waals surface area contributed by atoms with Crippen LogP contribution in [0.1, 0.15) is 16.9 Å². The highest BCUT2D eigenvalue weighted by atomic mass is 16.5. The lowest BCUT2D eigenvalue weighted by Gasteiger charge is -2.22. The molecule has 8 heteroatoms. The van der Waals surface area contributed by atoms with Gasteiger partial charge in [0.1, 0.15) is 11.4 Å². The molecule has 8 nitrogen and oxygen atoms in total. The van der Waals surface area contributed by atoms with Gasteiger partial charge in [-0.3, -0.25) is 14.4 Å². The number of nitrogens with zero attached hydrogens (tertiary/aromatic N) is 3. The Morgan fingerprint density at radius 3 is 2.46 bits per heavy atom. The zero-order valence-electron chi connectivity index (χ0n) is 14.3. The van der Waals surface area contributed by atoms with Crippen molar-refractivity contribution in [3.63, 3.8) is 0 Å². The number of carbonyl (C=O) groups is 2. The average Bonchev–Trinajstić information content (AvgIpc) is 2.93. The predicted molar refractivity (Wildman–Crippen MR) is 93.9 cm³/mol. The number of ether oxygens (including phenoxy) is 1. The molecule has 136 valence electrons. The molecule has 26 heavy (non-hydrogen) atoms. The molecular formula is C18H20N4O4. The summed E-state index contributed by atoms with van der Waals surface area (Å²) in [6, 6.07) is 11.9. The van der Waals surface area contributed by atoms with Gasteiger partial charge in [-0.05, 0) is 24.6 Å². The van der Waals surface area contributed by atoms with E-state index in [1.165, 1.54) is 12.1 Å². The number of carbonyl (C=O) groups excluding carboxylic acids is 2. The molecule has 0 atom stereocenters. The van der Waals surface area contributed by atoms with E-state index in [-0.39, 0.29) is 29.7 Å². The first-order valence-corrected chi connectivity index (χ1v) is 8.44. The Bertz CT molecular complexity index is 801. The van der Waals surface area contributed by atoms with Gasteiger partial charge in [-0.15, -0.1) is 0 Å². The lowest BCUT2D eigenvalue weighted by molar-refractivity contribution is -0.133. The molecule has 0 spiro atoms. The van der Waals surface area contributed by atoms with Crippen LogP contribution >= 0.6 is 0 Å². The number of rotatable bonds is 4. The summed E-state index contributed by atoms with van der Waals surface area (Å²) in [6.45, 7) is 1.92. The van der Waals surface area contributed by atoms with E-state index in [0.717, 1.165) is 0 Å². The number of amides is 2. The number of aromatic nitrogens is 2. The Morgan fingerprint density at radius 1 is 1.00 bits per heavy atom. The number of hydrogen-bond acceptors (Lipinski definition) is 5. The molecule has 1 aromatic heterocycles. The minimum Gasteiger partial charge on any atom is -0.484 e. The van der Waals surface area contributed by atoms with Crippen LogP contribution < -0.4 is 10.3 Å². The topological polar surface area (TPSA) is 95.6 Å². The zero-order chi connectivity index (χ0) is 18.4. The molecule has 1 aliphatic rings. The molecule has 2 aromatic rings. The van der Waals surface area contributed by atoms with Crippen molar-refractivity contribution in [3.8, 4) is 5.75 Å². The lowest BCUT2D eigenvalue weighted by atomic mass is 10.3. The van der Waals surface area contributed by atoms with E-state index < -0.39 is 0 Å². The van der Waals surface area contributed by atoms with Crippen LogP contribution in [0.3, 0.4) is 0 Å². The van der Waals surface area contributed by atoms with Gasteiger partial charge in [0.05, 0.1) is 0 Å². The molecule has 0 radical (unpaired) electrons. The highest BCUT2D eigenvalue weighted by Crippen LogP contribution is 2.10. The summed E-state index contributed by atoms with van der Waals surface area (Å²) in [5.41, 5.74) is -0.163. The van der Waals surface area contributed by atoms with Crippen molar-refractivity contribution in [2.75, 3.05) is 32.8 Å². The highest BCUT2D eigenvalue weighted by Gasteiger charge is 2.23. The minimum absolute atomic E-state index is 0.0283. The average molecular weight is 356 g/mol. The molecule has 0 saturated carbocycles. The summed E-state index contributed by atoms with van der Waals surface area (Å²) in [5, 5.41) is 6.03. The first-order valence-electron chi connectivity index (χ1n) is 8.44. The Kier molecular flexibility index (Phi) is 5.62. The van der Waals surface area contributed by atoms with Crippen molar-refractivity contribution in [1.82, 2.24) is 20.0 Å². The van der Waals surface area contributed by atoms with E-state index in [0.29, 0.717) is 38.3 Å². The molecule has 1 fully saturated rings. The molecule has 3 rings (SSSR count). The first kappa shape index (κ1) is 17.7. The molecule has 1 aromatic carbocycles. The molecular weight excluding hydrogens is 336 g/mol. The molecule has 1 N–H and O–H groups in total. The number of benzene rings is 1. The van der Waals surface area contributed by atoms with Crippen LogP contribution in [0, 0.1) is 0 Å². The van der Waals surface area contributed by atoms with Gasteiger partial charge in [0.15, 0.2) is 6.61 Å². The second kappa shape index (κ2) is 8.28. The zero-order valence-corrected chi connectivity index (χ0v) is 14.3. The lowest BCUT2D eigenvalue weighted by Crippen LogP contribution is -2.39. The van der Waals surface area contributed by atoms with E-state index in [2.05, 4.69) is 10.2 Å². The Balaban J connectivity index is 1.54. The predicted octanol–water partition coefficient (Wildman–Crippen LogP) is 0.523. The number of hydrogen-bond donors (Lipinski definition) is 1. The molecule has 1 saturated heterocycles. The summed E-state index contributed by atoms with van der Waals surface area (Å²) in [4.78, 5) is 39.2. The second-order valence-electron chi connectivity index (χ2n) is 5.93. The normalized spacial score (nSPS) is 14.6. The third-order valence-electron chi connectivity index (χ3n) is 4.14. The van der Waals surface area contributed by atoms with Gasteiger partial charge >= 0.3 is 0 Å². The third-order valence-corrected chi connectivity index (χ3v) is 4.14. The van der Waals surface area contributed by atoms with Crippen LogP contribution in [-0.4, -0.2) is 64.6 Å². The van der Waals surface area contributed by atoms with Crippen LogP contribution in [0.15, 0.2) is 47.3 Å². The second-order valence-corrected chi connectivity index (χ2v) is 5.93. The highest BCUT2D eigenvalue weighted by molar-refractivity contribution is 5.92. The summed E-state index contributed by atoms with van der Waals surface area (Å²) < 4.78 is 5.50. The van der Waals surface area contributed by atoms with E-state index in [1.807, 2.05) is 18.2 Å². The van der Waals surface area contributed by atoms with Crippen molar-refractivity contribution in [3.05, 3.63) is 58.5 Å². The van der Waals surface area contributed by atoms with Gasteiger partial charge in [-0.2, -0.15) is 5.10 Å². The third kappa shape index (κ3) is 4.47. The smallest absolute Gasteiger partial charge is 0.274 e. The van der Waals surface area contributed by atoms with Crippen LogP contribution in [0.4, 0.5) is 0 Å². The maximum absolute atomic E-state index is 12.5. The maximum Gasteiger partial charge on any atom is 0.274 e. The van der Waals surface area contributed by atoms with Gasteiger partial charge < -0.3 is 14.5 Å². The Morgan fingerprint density at radius 2 is 1.73 bits per heavy atom. The summed E-state index contributed by atoms with van der Waals surface area (Å²) in [6.07, 6.45) is 0.673. The van der Waals surface area contributed by atoms with Gasteiger partial charge in [-0.1, -0.05) is 18.2 Å². The molecule has 2 heterocycles. The monoisotopic (exact) mass is 356 g/mol. The minimum atomic E-state index is -0.354. The van der Waals surface area contributed by atoms with E-state index >= 15 is 0 Å². The van der Waals surface area contributed by atoms with Gasteiger partial charge in [0.2, 0.25) is 0 Å². The molecule has 0 bridgehead atoms. The SMILES string of the molecule is O=C(COc1ccccc1)N1CCCN(C(=O)c2ccc(=O)[nH]n2)CC1. The van der Waals surface area contributed by atoms with E-state index in [1.54, 1.807) is 21.9 Å². The van der Waals surface area contributed by atoms with Gasteiger partial charge in [-0.25, -0.2) is 5.10 Å². The van der Waals surface area contributed by atoms with Crippen molar-refractivity contribution >= 4 is 11.8 Å². The first-order chi connectivity index (χ1) is 12.6. The number of nitrogens with one attached hydrogen (secondary N) is 1. The Hall–Kier alpha value is -3.16. The number of para-hydroxylation sites is 1. The van der Waals surface area contributed by atoms with Crippen LogP contribution in [0.2, 0.25) is 0 Å². The summed E-state index contributed by atoms with van der Waals surface area (Å²) in [5.74, 6) is 0.290. The summed E-state index contributed by atoms with van der Waals surface area (Å²) in [7, 11) is 0. The molecule has 1 aliphatic heterocycles. The number of aromatic amines is 1. The van der Waals surface area contributed by atoms with E-state index in [9.17, 15) is 14.4 Å². The maximum atomic E-state index is 12.5. The molecule has 0 aliphatic carbocycles. The van der Waals surface area contributed by atoms with Crippen molar-refractivity contribution < 1.29 is 14.3 Å². The fourth-order valence-corrected chi connectivity index (χ4v) is 2.75. The fourth-order valence-electron chi connectivity index (χ4n) is 2.75. The van der Waals surface area contributed by atoms with Crippen LogP contribution in [0.25, 0.3) is 0 Å².